The van der Waals surface area contributed by atoms with Crippen molar-refractivity contribution in [2.75, 3.05) is 19.6 Å². The molecular formula is C31H37F2N3O2. The lowest BCUT2D eigenvalue weighted by molar-refractivity contribution is -0.132. The van der Waals surface area contributed by atoms with Crippen molar-refractivity contribution in [1.82, 2.24) is 15.1 Å². The molecule has 2 aliphatic heterocycles. The van der Waals surface area contributed by atoms with Crippen molar-refractivity contribution in [3.05, 3.63) is 65.2 Å². The number of likely N-dealkylation sites (tertiary alicyclic amines) is 2. The second-order valence-electron chi connectivity index (χ2n) is 12.8. The van der Waals surface area contributed by atoms with Crippen molar-refractivity contribution in [3.8, 4) is 5.75 Å². The number of piperidine rings is 1. The fourth-order valence-corrected chi connectivity index (χ4v) is 9.87. The Kier molecular flexibility index (Phi) is 5.24. The molecule has 3 aliphatic carbocycles. The molecule has 38 heavy (non-hydrogen) atoms. The van der Waals surface area contributed by atoms with Crippen molar-refractivity contribution >= 4 is 6.03 Å². The van der Waals surface area contributed by atoms with E-state index in [4.69, 9.17) is 0 Å². The summed E-state index contributed by atoms with van der Waals surface area (Å²) in [6.07, 6.45) is 4.35. The minimum atomic E-state index is -2.93. The smallest absolute Gasteiger partial charge is 0.317 e. The van der Waals surface area contributed by atoms with Gasteiger partial charge in [0.15, 0.2) is 0 Å². The largest absolute Gasteiger partial charge is 0.508 e. The van der Waals surface area contributed by atoms with E-state index in [1.165, 1.54) is 23.3 Å². The van der Waals surface area contributed by atoms with Crippen LogP contribution in [0.25, 0.3) is 0 Å². The van der Waals surface area contributed by atoms with Crippen molar-refractivity contribution < 1.29 is 18.7 Å². The Morgan fingerprint density at radius 2 is 1.97 bits per heavy atom. The number of benzene rings is 2. The van der Waals surface area contributed by atoms with Gasteiger partial charge in [-0.25, -0.2) is 4.79 Å². The Morgan fingerprint density at radius 3 is 2.74 bits per heavy atom. The lowest BCUT2D eigenvalue weighted by Gasteiger charge is -2.66. The van der Waals surface area contributed by atoms with Gasteiger partial charge in [0, 0.05) is 35.6 Å². The normalized spacial score (nSPS) is 35.2. The van der Waals surface area contributed by atoms with Gasteiger partial charge in [0.1, 0.15) is 5.75 Å². The highest BCUT2D eigenvalue weighted by Gasteiger charge is 2.76. The molecule has 6 atom stereocenters. The summed E-state index contributed by atoms with van der Waals surface area (Å²) in [5.74, 6) is -2.00. The summed E-state index contributed by atoms with van der Waals surface area (Å²) >= 11 is 0. The monoisotopic (exact) mass is 521 g/mol. The fourth-order valence-electron chi connectivity index (χ4n) is 9.87. The number of aromatic hydroxyl groups is 1. The quantitative estimate of drug-likeness (QED) is 0.576. The molecule has 7 heteroatoms. The molecule has 5 aliphatic rings. The zero-order valence-corrected chi connectivity index (χ0v) is 22.2. The first-order chi connectivity index (χ1) is 18.2. The Labute approximate surface area is 223 Å². The number of carbonyl (C=O) groups is 1. The number of hydrogen-bond donors (Lipinski definition) is 2. The second kappa shape index (κ2) is 8.17. The van der Waals surface area contributed by atoms with Gasteiger partial charge in [0.2, 0.25) is 0 Å². The van der Waals surface area contributed by atoms with E-state index in [1.54, 1.807) is 24.3 Å². The standard InChI is InChI=1S/C31H37F2N3O2/c1-19(2)34-28(38)36-17-21-16-29-11-10-25(36)27(21)30(29)12-13-35(18-31(32,33)22-6-4-3-5-7-22)26(29)14-20-8-9-23(37)15-24(20)30/h3-9,15,19,21,25-27,37H,10-14,16-18H2,1-2H3,(H,34,38)/t21-,25?,26?,27?,29?,30?/m1/s1. The van der Waals surface area contributed by atoms with Crippen LogP contribution in [0.3, 0.4) is 0 Å². The van der Waals surface area contributed by atoms with Crippen molar-refractivity contribution in [1.29, 1.82) is 0 Å². The summed E-state index contributed by atoms with van der Waals surface area (Å²) in [5.41, 5.74) is 2.19. The van der Waals surface area contributed by atoms with Crippen LogP contribution in [0.4, 0.5) is 13.6 Å². The van der Waals surface area contributed by atoms with E-state index >= 15 is 8.78 Å². The highest BCUT2D eigenvalue weighted by atomic mass is 19.3. The molecular weight excluding hydrogens is 484 g/mol. The summed E-state index contributed by atoms with van der Waals surface area (Å²) in [7, 11) is 0. The highest BCUT2D eigenvalue weighted by molar-refractivity contribution is 5.75. The van der Waals surface area contributed by atoms with E-state index in [1.807, 2.05) is 26.0 Å². The van der Waals surface area contributed by atoms with E-state index in [0.717, 1.165) is 38.6 Å². The van der Waals surface area contributed by atoms with Crippen LogP contribution in [-0.2, 0) is 17.8 Å². The van der Waals surface area contributed by atoms with Crippen molar-refractivity contribution in [3.63, 3.8) is 0 Å². The van der Waals surface area contributed by atoms with Crippen molar-refractivity contribution in [2.24, 2.45) is 17.3 Å². The van der Waals surface area contributed by atoms with E-state index < -0.39 is 5.92 Å². The van der Waals surface area contributed by atoms with E-state index in [-0.39, 0.29) is 52.8 Å². The van der Waals surface area contributed by atoms with Crippen molar-refractivity contribution in [2.45, 2.75) is 75.4 Å². The molecule has 2 aromatic rings. The van der Waals surface area contributed by atoms with Gasteiger partial charge in [-0.2, -0.15) is 8.78 Å². The number of amides is 2. The molecule has 2 heterocycles. The Balaban J connectivity index is 1.30. The zero-order chi connectivity index (χ0) is 26.4. The third-order valence-corrected chi connectivity index (χ3v) is 10.9. The first-order valence-corrected chi connectivity index (χ1v) is 14.2. The van der Waals surface area contributed by atoms with Crippen LogP contribution < -0.4 is 5.32 Å². The number of alkyl halides is 2. The van der Waals surface area contributed by atoms with Crippen LogP contribution >= 0.6 is 0 Å². The number of phenolic OH excluding ortho intramolecular Hbond substituents is 1. The van der Waals surface area contributed by atoms with Gasteiger partial charge in [0.05, 0.1) is 6.54 Å². The molecule has 2 saturated heterocycles. The average Bonchev–Trinajstić information content (AvgIpc) is 3.33. The van der Waals surface area contributed by atoms with E-state index in [2.05, 4.69) is 15.1 Å². The summed E-state index contributed by atoms with van der Waals surface area (Å²) in [4.78, 5) is 17.4. The van der Waals surface area contributed by atoms with Gasteiger partial charge in [-0.15, -0.1) is 0 Å². The molecule has 2 saturated carbocycles. The van der Waals surface area contributed by atoms with Crippen LogP contribution in [0.15, 0.2) is 48.5 Å². The van der Waals surface area contributed by atoms with Crippen LogP contribution in [0.2, 0.25) is 0 Å². The van der Waals surface area contributed by atoms with Crippen LogP contribution in [0.1, 0.15) is 56.2 Å². The number of phenols is 1. The van der Waals surface area contributed by atoms with Crippen LogP contribution in [-0.4, -0.2) is 58.7 Å². The van der Waals surface area contributed by atoms with Gasteiger partial charge in [-0.3, -0.25) is 4.90 Å². The van der Waals surface area contributed by atoms with Gasteiger partial charge in [-0.1, -0.05) is 36.4 Å². The fraction of sp³-hybridized carbons (Fsp3) is 0.581. The minimum absolute atomic E-state index is 0.0201. The molecule has 0 radical (unpaired) electrons. The maximum atomic E-state index is 15.6. The molecule has 4 fully saturated rings. The molecule has 2 amide bonds. The Bertz CT molecular complexity index is 1270. The zero-order valence-electron chi connectivity index (χ0n) is 22.2. The number of rotatable bonds is 4. The number of halogens is 2. The van der Waals surface area contributed by atoms with E-state index in [9.17, 15) is 9.90 Å². The number of hydrogen-bond acceptors (Lipinski definition) is 3. The number of carbonyl (C=O) groups excluding carboxylic acids is 1. The van der Waals surface area contributed by atoms with Gasteiger partial charge in [-0.05, 0) is 93.0 Å². The third kappa shape index (κ3) is 3.14. The maximum absolute atomic E-state index is 15.6. The molecule has 2 aromatic carbocycles. The van der Waals surface area contributed by atoms with Gasteiger partial charge >= 0.3 is 6.03 Å². The van der Waals surface area contributed by atoms with Crippen LogP contribution in [0, 0.1) is 17.3 Å². The van der Waals surface area contributed by atoms with E-state index in [0.29, 0.717) is 18.4 Å². The molecule has 2 N–H and O–H groups in total. The lowest BCUT2D eigenvalue weighted by Crippen LogP contribution is -2.70. The summed E-state index contributed by atoms with van der Waals surface area (Å²) in [6, 6.07) is 14.2. The number of nitrogens with one attached hydrogen (secondary N) is 1. The SMILES string of the molecule is CC(C)NC(=O)N1C[C@H]2CC34CCC1C2C31CCN(CC(F)(F)c2ccccc2)C4Cc2ccc(O)cc21. The first kappa shape index (κ1) is 24.4. The molecule has 202 valence electrons. The third-order valence-electron chi connectivity index (χ3n) is 10.9. The summed E-state index contributed by atoms with van der Waals surface area (Å²) in [6.45, 7) is 5.06. The summed E-state index contributed by atoms with van der Waals surface area (Å²) in [5, 5.41) is 13.7. The predicted octanol–water partition coefficient (Wildman–Crippen LogP) is 5.27. The molecule has 4 bridgehead atoms. The number of urea groups is 1. The highest BCUT2D eigenvalue weighted by Crippen LogP contribution is 2.75. The molecule has 5 unspecified atom stereocenters. The Hall–Kier alpha value is -2.67. The first-order valence-electron chi connectivity index (χ1n) is 14.2. The average molecular weight is 522 g/mol. The summed E-state index contributed by atoms with van der Waals surface area (Å²) < 4.78 is 31.3. The number of nitrogens with zero attached hydrogens (tertiary/aromatic N) is 2. The van der Waals surface area contributed by atoms with Crippen LogP contribution in [0.5, 0.6) is 5.75 Å². The Morgan fingerprint density at radius 1 is 1.18 bits per heavy atom. The lowest BCUT2D eigenvalue weighted by atomic mass is 9.43. The second-order valence-corrected chi connectivity index (χ2v) is 12.8. The molecule has 7 rings (SSSR count). The molecule has 0 spiro atoms. The number of fused-ring (bicyclic) bond motifs is 1. The van der Waals surface area contributed by atoms with Gasteiger partial charge < -0.3 is 15.3 Å². The predicted molar refractivity (Wildman–Crippen MR) is 141 cm³/mol. The molecule has 0 aromatic heterocycles. The maximum Gasteiger partial charge on any atom is 0.317 e. The molecule has 5 nitrogen and oxygen atoms in total. The minimum Gasteiger partial charge on any atom is -0.508 e. The topological polar surface area (TPSA) is 55.8 Å². The van der Waals surface area contributed by atoms with Gasteiger partial charge in [0.25, 0.3) is 5.92 Å².